The molecule has 0 saturated heterocycles. The van der Waals surface area contributed by atoms with Gasteiger partial charge in [-0.2, -0.15) is 0 Å². The SMILES string of the molecule is CCCN1C(=S)NC(c2ccc(OCc3ccccc3)cc2)C2=C1CCCC2=O. The van der Waals surface area contributed by atoms with Crippen molar-refractivity contribution in [3.05, 3.63) is 77.0 Å². The summed E-state index contributed by atoms with van der Waals surface area (Å²) in [6.45, 7) is 3.51. The molecule has 1 atom stereocenters. The first-order valence-corrected chi connectivity index (χ1v) is 10.7. The largest absolute Gasteiger partial charge is 0.489 e. The minimum atomic E-state index is -0.179. The van der Waals surface area contributed by atoms with E-state index in [0.717, 1.165) is 59.1 Å². The maximum atomic E-state index is 12.8. The molecule has 1 heterocycles. The molecule has 0 spiro atoms. The molecule has 0 bridgehead atoms. The predicted molar refractivity (Wildman–Crippen MR) is 119 cm³/mol. The fourth-order valence-corrected chi connectivity index (χ4v) is 4.38. The number of ketones is 1. The molecule has 150 valence electrons. The van der Waals surface area contributed by atoms with E-state index < -0.39 is 0 Å². The molecule has 1 aliphatic heterocycles. The van der Waals surface area contributed by atoms with Crippen molar-refractivity contribution >= 4 is 23.1 Å². The van der Waals surface area contributed by atoms with E-state index in [-0.39, 0.29) is 11.8 Å². The van der Waals surface area contributed by atoms with Crippen LogP contribution in [0.4, 0.5) is 0 Å². The molecule has 29 heavy (non-hydrogen) atoms. The highest BCUT2D eigenvalue weighted by molar-refractivity contribution is 7.80. The maximum absolute atomic E-state index is 12.8. The van der Waals surface area contributed by atoms with E-state index in [1.807, 2.05) is 54.6 Å². The highest BCUT2D eigenvalue weighted by Gasteiger charge is 2.36. The Balaban J connectivity index is 1.56. The third kappa shape index (κ3) is 4.20. The standard InChI is InChI=1S/C24H26N2O2S/c1-2-15-26-20-9-6-10-21(27)22(20)23(25-24(26)29)18-11-13-19(14-12-18)28-16-17-7-4-3-5-8-17/h3-5,7-8,11-14,23H,2,6,9-10,15-16H2,1H3,(H,25,29). The number of thiocarbonyl (C=S) groups is 1. The second kappa shape index (κ2) is 8.78. The molecule has 0 fully saturated rings. The van der Waals surface area contributed by atoms with E-state index in [1.165, 1.54) is 0 Å². The number of hydrogen-bond acceptors (Lipinski definition) is 3. The minimum absolute atomic E-state index is 0.179. The van der Waals surface area contributed by atoms with Crippen LogP contribution in [0.25, 0.3) is 0 Å². The zero-order chi connectivity index (χ0) is 20.2. The molecule has 2 aliphatic rings. The molecule has 1 aliphatic carbocycles. The normalized spacial score (nSPS) is 19.1. The number of benzene rings is 2. The Morgan fingerprint density at radius 2 is 1.86 bits per heavy atom. The third-order valence-corrected chi connectivity index (χ3v) is 5.80. The van der Waals surface area contributed by atoms with Crippen LogP contribution in [0.2, 0.25) is 0 Å². The Hall–Kier alpha value is -2.66. The van der Waals surface area contributed by atoms with E-state index in [2.05, 4.69) is 17.1 Å². The molecule has 4 nitrogen and oxygen atoms in total. The fraction of sp³-hybridized carbons (Fsp3) is 0.333. The van der Waals surface area contributed by atoms with Crippen molar-refractivity contribution in [1.82, 2.24) is 10.2 Å². The molecule has 0 saturated carbocycles. The molecule has 1 unspecified atom stereocenters. The Kier molecular flexibility index (Phi) is 5.95. The van der Waals surface area contributed by atoms with Crippen molar-refractivity contribution in [1.29, 1.82) is 0 Å². The van der Waals surface area contributed by atoms with Gasteiger partial charge in [-0.3, -0.25) is 4.79 Å². The number of rotatable bonds is 6. The van der Waals surface area contributed by atoms with Crippen molar-refractivity contribution < 1.29 is 9.53 Å². The molecule has 0 amide bonds. The summed E-state index contributed by atoms with van der Waals surface area (Å²) in [4.78, 5) is 14.9. The summed E-state index contributed by atoms with van der Waals surface area (Å²) in [5.41, 5.74) is 4.17. The topological polar surface area (TPSA) is 41.6 Å². The first-order chi connectivity index (χ1) is 14.2. The Labute approximate surface area is 177 Å². The smallest absolute Gasteiger partial charge is 0.173 e. The van der Waals surface area contributed by atoms with Crippen LogP contribution in [-0.4, -0.2) is 22.3 Å². The van der Waals surface area contributed by atoms with E-state index in [1.54, 1.807) is 0 Å². The van der Waals surface area contributed by atoms with Gasteiger partial charge >= 0.3 is 0 Å². The maximum Gasteiger partial charge on any atom is 0.173 e. The molecule has 4 rings (SSSR count). The molecular weight excluding hydrogens is 380 g/mol. The summed E-state index contributed by atoms with van der Waals surface area (Å²) in [5.74, 6) is 1.05. The number of nitrogens with zero attached hydrogens (tertiary/aromatic N) is 1. The van der Waals surface area contributed by atoms with Gasteiger partial charge in [0.1, 0.15) is 12.4 Å². The van der Waals surface area contributed by atoms with Gasteiger partial charge in [-0.1, -0.05) is 49.4 Å². The van der Waals surface area contributed by atoms with Gasteiger partial charge in [-0.15, -0.1) is 0 Å². The van der Waals surface area contributed by atoms with Crippen LogP contribution in [0, 0.1) is 0 Å². The van der Waals surface area contributed by atoms with Crippen molar-refractivity contribution in [2.45, 2.75) is 45.3 Å². The summed E-state index contributed by atoms with van der Waals surface area (Å²) in [7, 11) is 0. The van der Waals surface area contributed by atoms with Crippen molar-refractivity contribution in [3.63, 3.8) is 0 Å². The summed E-state index contributed by atoms with van der Waals surface area (Å²) >= 11 is 5.64. The highest BCUT2D eigenvalue weighted by Crippen LogP contribution is 2.37. The van der Waals surface area contributed by atoms with Gasteiger partial charge in [-0.05, 0) is 54.7 Å². The predicted octanol–water partition coefficient (Wildman–Crippen LogP) is 4.91. The molecular formula is C24H26N2O2S. The number of ether oxygens (including phenoxy) is 1. The lowest BCUT2D eigenvalue weighted by Crippen LogP contribution is -2.49. The summed E-state index contributed by atoms with van der Waals surface area (Å²) < 4.78 is 5.90. The quantitative estimate of drug-likeness (QED) is 0.690. The summed E-state index contributed by atoms with van der Waals surface area (Å²) in [5, 5.41) is 4.13. The number of carbonyl (C=O) groups excluding carboxylic acids is 1. The second-order valence-corrected chi connectivity index (χ2v) is 7.90. The van der Waals surface area contributed by atoms with E-state index in [4.69, 9.17) is 17.0 Å². The molecule has 1 N–H and O–H groups in total. The Morgan fingerprint density at radius 1 is 1.10 bits per heavy atom. The average molecular weight is 407 g/mol. The van der Waals surface area contributed by atoms with E-state index in [9.17, 15) is 4.79 Å². The zero-order valence-electron chi connectivity index (χ0n) is 16.7. The monoisotopic (exact) mass is 406 g/mol. The number of Topliss-reactive ketones (excluding diaryl/α,β-unsaturated/α-hetero) is 1. The minimum Gasteiger partial charge on any atom is -0.489 e. The molecule has 0 aromatic heterocycles. The lowest BCUT2D eigenvalue weighted by Gasteiger charge is -2.41. The number of allylic oxidation sites excluding steroid dienone is 1. The van der Waals surface area contributed by atoms with Gasteiger partial charge in [0.15, 0.2) is 10.9 Å². The molecule has 0 radical (unpaired) electrons. The second-order valence-electron chi connectivity index (χ2n) is 7.51. The molecule has 2 aromatic carbocycles. The first kappa shape index (κ1) is 19.6. The van der Waals surface area contributed by atoms with Crippen molar-refractivity contribution in [2.75, 3.05) is 6.54 Å². The van der Waals surface area contributed by atoms with Crippen LogP contribution in [0.3, 0.4) is 0 Å². The van der Waals surface area contributed by atoms with Crippen LogP contribution >= 0.6 is 12.2 Å². The van der Waals surface area contributed by atoms with Gasteiger partial charge in [0, 0.05) is 24.2 Å². The Bertz CT molecular complexity index is 922. The lowest BCUT2D eigenvalue weighted by atomic mass is 9.85. The van der Waals surface area contributed by atoms with Crippen LogP contribution < -0.4 is 10.1 Å². The van der Waals surface area contributed by atoms with Gasteiger partial charge in [0.25, 0.3) is 0 Å². The fourth-order valence-electron chi connectivity index (χ4n) is 4.06. The lowest BCUT2D eigenvalue weighted by molar-refractivity contribution is -0.116. The van der Waals surface area contributed by atoms with Crippen molar-refractivity contribution in [3.8, 4) is 5.75 Å². The highest BCUT2D eigenvalue weighted by atomic mass is 32.1. The van der Waals surface area contributed by atoms with Crippen molar-refractivity contribution in [2.24, 2.45) is 0 Å². The number of hydrogen-bond donors (Lipinski definition) is 1. The number of nitrogens with one attached hydrogen (secondary N) is 1. The summed E-state index contributed by atoms with van der Waals surface area (Å²) in [6, 6.07) is 17.9. The van der Waals surface area contributed by atoms with Crippen LogP contribution in [0.5, 0.6) is 5.75 Å². The average Bonchev–Trinajstić information content (AvgIpc) is 2.75. The van der Waals surface area contributed by atoms with Gasteiger partial charge in [0.05, 0.1) is 6.04 Å². The van der Waals surface area contributed by atoms with Gasteiger partial charge in [-0.25, -0.2) is 0 Å². The Morgan fingerprint density at radius 3 is 2.59 bits per heavy atom. The van der Waals surface area contributed by atoms with Gasteiger partial charge < -0.3 is 15.0 Å². The van der Waals surface area contributed by atoms with Gasteiger partial charge in [0.2, 0.25) is 0 Å². The first-order valence-electron chi connectivity index (χ1n) is 10.3. The van der Waals surface area contributed by atoms with Crippen LogP contribution in [0.1, 0.15) is 49.8 Å². The molecule has 2 aromatic rings. The van der Waals surface area contributed by atoms with E-state index >= 15 is 0 Å². The third-order valence-electron chi connectivity index (χ3n) is 5.47. The van der Waals surface area contributed by atoms with Crippen LogP contribution in [-0.2, 0) is 11.4 Å². The summed E-state index contributed by atoms with van der Waals surface area (Å²) in [6.07, 6.45) is 3.42. The van der Waals surface area contributed by atoms with E-state index in [0.29, 0.717) is 13.0 Å². The van der Waals surface area contributed by atoms with Crippen LogP contribution in [0.15, 0.2) is 65.9 Å². The number of carbonyl (C=O) groups is 1. The zero-order valence-corrected chi connectivity index (χ0v) is 17.5. The molecule has 5 heteroatoms.